The van der Waals surface area contributed by atoms with Gasteiger partial charge in [0, 0.05) is 22.5 Å². The van der Waals surface area contributed by atoms with Crippen LogP contribution in [0.5, 0.6) is 0 Å². The maximum absolute atomic E-state index is 11.9. The van der Waals surface area contributed by atoms with E-state index < -0.39 is 5.60 Å². The average molecular weight is 347 g/mol. The van der Waals surface area contributed by atoms with E-state index in [2.05, 4.69) is 20.8 Å². The standard InChI is InChI=1S/C17H19ClN4O2/c18-8-3-13(12-7-19-22-14(12)4-8)17(24)5-10-11(6-17)15(10)21-16(23)20-9-1-2-9/h3-4,7,9-11,15,24H,1-2,5-6H2,(H,19,22)(H2,20,21,23)/t10-,11+,15+,17-. The molecule has 4 atom stereocenters. The Morgan fingerprint density at radius 2 is 2.04 bits per heavy atom. The Hall–Kier alpha value is -1.79. The molecular weight excluding hydrogens is 328 g/mol. The van der Waals surface area contributed by atoms with Crippen molar-refractivity contribution in [3.05, 3.63) is 28.9 Å². The zero-order valence-corrected chi connectivity index (χ0v) is 13.8. The van der Waals surface area contributed by atoms with Gasteiger partial charge in [0.05, 0.1) is 17.3 Å². The largest absolute Gasteiger partial charge is 0.385 e. The predicted molar refractivity (Wildman–Crippen MR) is 89.7 cm³/mol. The van der Waals surface area contributed by atoms with Crippen LogP contribution in [0.2, 0.25) is 5.02 Å². The highest BCUT2D eigenvalue weighted by molar-refractivity contribution is 6.31. The fraction of sp³-hybridized carbons (Fsp3) is 0.529. The number of aliphatic hydroxyl groups is 1. The molecule has 1 heterocycles. The molecule has 0 unspecified atom stereocenters. The smallest absolute Gasteiger partial charge is 0.315 e. The van der Waals surface area contributed by atoms with Crippen LogP contribution in [0.25, 0.3) is 10.9 Å². The molecule has 1 aromatic heterocycles. The topological polar surface area (TPSA) is 90.0 Å². The molecular formula is C17H19ClN4O2. The number of urea groups is 1. The number of benzene rings is 1. The molecule has 3 aliphatic rings. The van der Waals surface area contributed by atoms with Crippen LogP contribution in [-0.4, -0.2) is 33.4 Å². The lowest BCUT2D eigenvalue weighted by Gasteiger charge is -2.27. The Morgan fingerprint density at radius 1 is 1.29 bits per heavy atom. The number of nitrogens with one attached hydrogen (secondary N) is 3. The lowest BCUT2D eigenvalue weighted by molar-refractivity contribution is 0.0299. The van der Waals surface area contributed by atoms with E-state index in [1.165, 1.54) is 0 Å². The minimum Gasteiger partial charge on any atom is -0.385 e. The van der Waals surface area contributed by atoms with Crippen LogP contribution in [0.15, 0.2) is 18.3 Å². The summed E-state index contributed by atoms with van der Waals surface area (Å²) in [6, 6.07) is 4.13. The van der Waals surface area contributed by atoms with Gasteiger partial charge in [-0.15, -0.1) is 0 Å². The summed E-state index contributed by atoms with van der Waals surface area (Å²) in [6.07, 6.45) is 5.20. The molecule has 5 rings (SSSR count). The van der Waals surface area contributed by atoms with Crippen LogP contribution in [0.1, 0.15) is 31.2 Å². The van der Waals surface area contributed by atoms with E-state index in [1.807, 2.05) is 12.1 Å². The van der Waals surface area contributed by atoms with Gasteiger partial charge >= 0.3 is 6.03 Å². The third-order valence-corrected chi connectivity index (χ3v) is 5.93. The molecule has 4 N–H and O–H groups in total. The number of aromatic amines is 1. The van der Waals surface area contributed by atoms with Crippen LogP contribution in [0.4, 0.5) is 4.79 Å². The third kappa shape index (κ3) is 2.28. The van der Waals surface area contributed by atoms with Gasteiger partial charge < -0.3 is 15.7 Å². The lowest BCUT2D eigenvalue weighted by Crippen LogP contribution is -2.40. The number of halogens is 1. The highest BCUT2D eigenvalue weighted by Gasteiger charge is 2.62. The third-order valence-electron chi connectivity index (χ3n) is 5.71. The fourth-order valence-corrected chi connectivity index (χ4v) is 4.52. The minimum absolute atomic E-state index is 0.0691. The molecule has 1 aromatic carbocycles. The second-order valence-corrected chi connectivity index (χ2v) is 7.91. The zero-order valence-electron chi connectivity index (χ0n) is 13.1. The molecule has 3 saturated carbocycles. The molecule has 0 spiro atoms. The van der Waals surface area contributed by atoms with Gasteiger partial charge in [0.15, 0.2) is 0 Å². The first-order chi connectivity index (χ1) is 11.5. The SMILES string of the molecule is O=C(NC1CC1)N[C@H]1[C@@H]2C[C@](O)(c3cc(Cl)cc4[nH]ncc34)C[C@@H]21. The van der Waals surface area contributed by atoms with Crippen LogP contribution >= 0.6 is 11.6 Å². The number of hydrogen-bond donors (Lipinski definition) is 4. The monoisotopic (exact) mass is 346 g/mol. The maximum Gasteiger partial charge on any atom is 0.315 e. The number of fused-ring (bicyclic) bond motifs is 2. The Balaban J connectivity index is 1.32. The van der Waals surface area contributed by atoms with Crippen LogP contribution in [0, 0.1) is 11.8 Å². The number of nitrogens with zero attached hydrogens (tertiary/aromatic N) is 1. The number of carbonyl (C=O) groups is 1. The average Bonchev–Trinajstić information content (AvgIpc) is 3.33. The van der Waals surface area contributed by atoms with Crippen molar-refractivity contribution < 1.29 is 9.90 Å². The normalized spacial score (nSPS) is 34.2. The molecule has 0 radical (unpaired) electrons. The van der Waals surface area contributed by atoms with E-state index >= 15 is 0 Å². The summed E-state index contributed by atoms with van der Waals surface area (Å²) in [5.41, 5.74) is 0.783. The van der Waals surface area contributed by atoms with Crippen molar-refractivity contribution in [2.45, 2.75) is 43.4 Å². The van der Waals surface area contributed by atoms with Crippen molar-refractivity contribution in [3.63, 3.8) is 0 Å². The summed E-state index contributed by atoms with van der Waals surface area (Å²) in [5.74, 6) is 0.668. The summed E-state index contributed by atoms with van der Waals surface area (Å²) >= 11 is 6.20. The summed E-state index contributed by atoms with van der Waals surface area (Å²) < 4.78 is 0. The molecule has 6 nitrogen and oxygen atoms in total. The van der Waals surface area contributed by atoms with Gasteiger partial charge in [0.1, 0.15) is 0 Å². The van der Waals surface area contributed by atoms with Crippen LogP contribution < -0.4 is 10.6 Å². The van der Waals surface area contributed by atoms with E-state index in [9.17, 15) is 9.90 Å². The van der Waals surface area contributed by atoms with Crippen LogP contribution in [-0.2, 0) is 5.60 Å². The number of aromatic nitrogens is 2. The Bertz CT molecular complexity index is 819. The van der Waals surface area contributed by atoms with E-state index in [0.717, 1.165) is 29.3 Å². The minimum atomic E-state index is -0.895. The van der Waals surface area contributed by atoms with Crippen molar-refractivity contribution in [2.75, 3.05) is 0 Å². The fourth-order valence-electron chi connectivity index (χ4n) is 4.31. The van der Waals surface area contributed by atoms with Gasteiger partial charge in [0.25, 0.3) is 0 Å². The predicted octanol–water partition coefficient (Wildman–Crippen LogP) is 2.27. The molecule has 3 aliphatic carbocycles. The summed E-state index contributed by atoms with van der Waals surface area (Å²) in [6.45, 7) is 0. The number of hydrogen-bond acceptors (Lipinski definition) is 3. The van der Waals surface area contributed by atoms with Crippen molar-refractivity contribution in [1.29, 1.82) is 0 Å². The molecule has 2 aromatic rings. The highest BCUT2D eigenvalue weighted by Crippen LogP contribution is 2.60. The first-order valence-corrected chi connectivity index (χ1v) is 8.84. The van der Waals surface area contributed by atoms with Gasteiger partial charge in [-0.25, -0.2) is 4.79 Å². The van der Waals surface area contributed by atoms with Crippen molar-refractivity contribution in [3.8, 4) is 0 Å². The van der Waals surface area contributed by atoms with Crippen molar-refractivity contribution in [1.82, 2.24) is 20.8 Å². The molecule has 0 bridgehead atoms. The molecule has 2 amide bonds. The second kappa shape index (κ2) is 4.86. The maximum atomic E-state index is 11.9. The van der Waals surface area contributed by atoms with Gasteiger partial charge in [-0.1, -0.05) is 11.6 Å². The number of amides is 2. The van der Waals surface area contributed by atoms with E-state index in [0.29, 0.717) is 35.7 Å². The van der Waals surface area contributed by atoms with Gasteiger partial charge in [-0.2, -0.15) is 5.10 Å². The van der Waals surface area contributed by atoms with E-state index in [-0.39, 0.29) is 12.1 Å². The van der Waals surface area contributed by atoms with Gasteiger partial charge in [0.2, 0.25) is 0 Å². The molecule has 0 saturated heterocycles. The summed E-state index contributed by atoms with van der Waals surface area (Å²) in [7, 11) is 0. The van der Waals surface area contributed by atoms with Gasteiger partial charge in [-0.3, -0.25) is 5.10 Å². The lowest BCUT2D eigenvalue weighted by atomic mass is 9.86. The van der Waals surface area contributed by atoms with Crippen molar-refractivity contribution in [2.24, 2.45) is 11.8 Å². The zero-order chi connectivity index (χ0) is 16.5. The molecule has 3 fully saturated rings. The molecule has 24 heavy (non-hydrogen) atoms. The molecule has 126 valence electrons. The quantitative estimate of drug-likeness (QED) is 0.687. The molecule has 7 heteroatoms. The van der Waals surface area contributed by atoms with Crippen LogP contribution in [0.3, 0.4) is 0 Å². The number of H-pyrrole nitrogens is 1. The number of carbonyl (C=O) groups excluding carboxylic acids is 1. The molecule has 0 aliphatic heterocycles. The number of rotatable bonds is 3. The van der Waals surface area contributed by atoms with Gasteiger partial charge in [-0.05, 0) is 55.2 Å². The Kier molecular flexibility index (Phi) is 2.95. The second-order valence-electron chi connectivity index (χ2n) is 7.47. The first-order valence-electron chi connectivity index (χ1n) is 8.46. The van der Waals surface area contributed by atoms with E-state index in [4.69, 9.17) is 11.6 Å². The highest BCUT2D eigenvalue weighted by atomic mass is 35.5. The summed E-state index contributed by atoms with van der Waals surface area (Å²) in [5, 5.41) is 25.7. The first kappa shape index (κ1) is 14.5. The Labute approximate surface area is 144 Å². The van der Waals surface area contributed by atoms with Crippen molar-refractivity contribution >= 4 is 28.5 Å². The van der Waals surface area contributed by atoms with E-state index in [1.54, 1.807) is 6.20 Å². The summed E-state index contributed by atoms with van der Waals surface area (Å²) in [4.78, 5) is 11.9. The Morgan fingerprint density at radius 3 is 2.75 bits per heavy atom.